The SMILES string of the molecule is CC(C)(CCl)C(=O)Nc1cccc(-c2csc(N3CCCCC3)n2)c1. The Kier molecular flexibility index (Phi) is 5.64. The van der Waals surface area contributed by atoms with Crippen molar-refractivity contribution in [1.29, 1.82) is 0 Å². The van der Waals surface area contributed by atoms with Gasteiger partial charge in [-0.15, -0.1) is 22.9 Å². The van der Waals surface area contributed by atoms with Crippen molar-refractivity contribution in [3.05, 3.63) is 29.6 Å². The first kappa shape index (κ1) is 18.2. The molecule has 1 aromatic carbocycles. The number of aromatic nitrogens is 1. The highest BCUT2D eigenvalue weighted by molar-refractivity contribution is 7.14. The lowest BCUT2D eigenvalue weighted by molar-refractivity contribution is -0.122. The second-order valence-corrected chi connectivity index (χ2v) is 8.22. The van der Waals surface area contributed by atoms with Crippen LogP contribution in [0.4, 0.5) is 10.8 Å². The van der Waals surface area contributed by atoms with Gasteiger partial charge in [-0.1, -0.05) is 12.1 Å². The van der Waals surface area contributed by atoms with E-state index in [4.69, 9.17) is 16.6 Å². The molecular weight excluding hydrogens is 354 g/mol. The number of amides is 1. The maximum Gasteiger partial charge on any atom is 0.231 e. The summed E-state index contributed by atoms with van der Waals surface area (Å²) in [6.07, 6.45) is 3.80. The van der Waals surface area contributed by atoms with Crippen molar-refractivity contribution in [3.63, 3.8) is 0 Å². The second kappa shape index (κ2) is 7.75. The molecule has 0 bridgehead atoms. The molecule has 2 aromatic rings. The number of carbonyl (C=O) groups excluding carboxylic acids is 1. The van der Waals surface area contributed by atoms with Crippen LogP contribution >= 0.6 is 22.9 Å². The van der Waals surface area contributed by atoms with Crippen LogP contribution in [0.15, 0.2) is 29.6 Å². The molecule has 0 unspecified atom stereocenters. The lowest BCUT2D eigenvalue weighted by atomic mass is 9.95. The fraction of sp³-hybridized carbons (Fsp3) is 0.474. The number of hydrogen-bond acceptors (Lipinski definition) is 4. The first-order valence-electron chi connectivity index (χ1n) is 8.68. The van der Waals surface area contributed by atoms with Crippen molar-refractivity contribution in [3.8, 4) is 11.3 Å². The maximum atomic E-state index is 12.3. The minimum Gasteiger partial charge on any atom is -0.348 e. The summed E-state index contributed by atoms with van der Waals surface area (Å²) < 4.78 is 0. The van der Waals surface area contributed by atoms with Gasteiger partial charge in [-0.05, 0) is 45.2 Å². The topological polar surface area (TPSA) is 45.2 Å². The van der Waals surface area contributed by atoms with E-state index in [-0.39, 0.29) is 11.8 Å². The largest absolute Gasteiger partial charge is 0.348 e. The summed E-state index contributed by atoms with van der Waals surface area (Å²) in [6, 6.07) is 7.83. The summed E-state index contributed by atoms with van der Waals surface area (Å²) in [6.45, 7) is 5.86. The Hall–Kier alpha value is -1.59. The number of hydrogen-bond donors (Lipinski definition) is 1. The number of nitrogens with zero attached hydrogens (tertiary/aromatic N) is 2. The summed E-state index contributed by atoms with van der Waals surface area (Å²) in [4.78, 5) is 19.5. The van der Waals surface area contributed by atoms with E-state index >= 15 is 0 Å². The van der Waals surface area contributed by atoms with Gasteiger partial charge in [0, 0.05) is 35.6 Å². The Balaban J connectivity index is 1.75. The van der Waals surface area contributed by atoms with Crippen LogP contribution in [0.25, 0.3) is 11.3 Å². The van der Waals surface area contributed by atoms with Crippen LogP contribution in [-0.4, -0.2) is 29.9 Å². The van der Waals surface area contributed by atoms with Crippen LogP contribution in [0.1, 0.15) is 33.1 Å². The van der Waals surface area contributed by atoms with Gasteiger partial charge >= 0.3 is 0 Å². The first-order chi connectivity index (χ1) is 12.0. The molecule has 0 spiro atoms. The molecule has 25 heavy (non-hydrogen) atoms. The Morgan fingerprint density at radius 1 is 1.32 bits per heavy atom. The molecule has 1 aliphatic heterocycles. The van der Waals surface area contributed by atoms with Gasteiger partial charge in [0.1, 0.15) is 0 Å². The Morgan fingerprint density at radius 2 is 2.08 bits per heavy atom. The highest BCUT2D eigenvalue weighted by Crippen LogP contribution is 2.30. The third-order valence-corrected chi connectivity index (χ3v) is 6.05. The van der Waals surface area contributed by atoms with Crippen LogP contribution in [0.5, 0.6) is 0 Å². The Labute approximate surface area is 158 Å². The number of benzene rings is 1. The van der Waals surface area contributed by atoms with Gasteiger partial charge in [-0.3, -0.25) is 4.79 Å². The molecule has 1 saturated heterocycles. The quantitative estimate of drug-likeness (QED) is 0.745. The zero-order valence-electron chi connectivity index (χ0n) is 14.7. The molecule has 0 saturated carbocycles. The normalized spacial score (nSPS) is 15.2. The van der Waals surface area contributed by atoms with E-state index in [0.717, 1.165) is 35.2 Å². The standard InChI is InChI=1S/C19H24ClN3OS/c1-19(2,13-20)17(24)21-15-8-6-7-14(11-15)16-12-25-18(22-16)23-9-4-3-5-10-23/h6-8,11-12H,3-5,9-10,13H2,1-2H3,(H,21,24). The van der Waals surface area contributed by atoms with Gasteiger partial charge in [-0.2, -0.15) is 0 Å². The predicted molar refractivity (Wildman–Crippen MR) is 107 cm³/mol. The predicted octanol–water partition coefficient (Wildman–Crippen LogP) is 5.00. The molecule has 4 nitrogen and oxygen atoms in total. The summed E-state index contributed by atoms with van der Waals surface area (Å²) in [7, 11) is 0. The number of carbonyl (C=O) groups is 1. The molecule has 1 aliphatic rings. The fourth-order valence-corrected chi connectivity index (χ4v) is 3.75. The monoisotopic (exact) mass is 377 g/mol. The molecule has 6 heteroatoms. The number of rotatable bonds is 5. The van der Waals surface area contributed by atoms with E-state index in [1.54, 1.807) is 11.3 Å². The van der Waals surface area contributed by atoms with Gasteiger partial charge in [0.15, 0.2) is 5.13 Å². The summed E-state index contributed by atoms with van der Waals surface area (Å²) in [5, 5.41) is 6.14. The van der Waals surface area contributed by atoms with Gasteiger partial charge in [-0.25, -0.2) is 4.98 Å². The van der Waals surface area contributed by atoms with Crippen molar-refractivity contribution >= 4 is 39.7 Å². The van der Waals surface area contributed by atoms with Crippen LogP contribution in [0, 0.1) is 5.41 Å². The number of piperidine rings is 1. The second-order valence-electron chi connectivity index (χ2n) is 7.12. The van der Waals surface area contributed by atoms with Crippen LogP contribution < -0.4 is 10.2 Å². The van der Waals surface area contributed by atoms with Crippen LogP contribution in [0.3, 0.4) is 0 Å². The highest BCUT2D eigenvalue weighted by atomic mass is 35.5. The molecule has 3 rings (SSSR count). The van der Waals surface area contributed by atoms with Gasteiger partial charge in [0.05, 0.1) is 11.1 Å². The number of nitrogens with one attached hydrogen (secondary N) is 1. The molecule has 1 amide bonds. The molecule has 0 aliphatic carbocycles. The Morgan fingerprint density at radius 3 is 2.80 bits per heavy atom. The number of thiazole rings is 1. The minimum atomic E-state index is -0.598. The van der Waals surface area contributed by atoms with Crippen molar-refractivity contribution in [1.82, 2.24) is 4.98 Å². The smallest absolute Gasteiger partial charge is 0.231 e. The van der Waals surface area contributed by atoms with Crippen molar-refractivity contribution in [2.24, 2.45) is 5.41 Å². The van der Waals surface area contributed by atoms with E-state index in [1.807, 2.05) is 38.1 Å². The summed E-state index contributed by atoms with van der Waals surface area (Å²) in [5.41, 5.74) is 2.15. The van der Waals surface area contributed by atoms with E-state index in [2.05, 4.69) is 15.6 Å². The van der Waals surface area contributed by atoms with Gasteiger partial charge in [0.25, 0.3) is 0 Å². The van der Waals surface area contributed by atoms with Gasteiger partial charge in [0.2, 0.25) is 5.91 Å². The maximum absolute atomic E-state index is 12.3. The third-order valence-electron chi connectivity index (χ3n) is 4.48. The molecule has 0 atom stereocenters. The number of alkyl halides is 1. The van der Waals surface area contributed by atoms with Crippen molar-refractivity contribution in [2.45, 2.75) is 33.1 Å². The van der Waals surface area contributed by atoms with E-state index in [1.165, 1.54) is 19.3 Å². The molecule has 1 fully saturated rings. The molecule has 0 radical (unpaired) electrons. The van der Waals surface area contributed by atoms with Crippen LogP contribution in [-0.2, 0) is 4.79 Å². The third kappa shape index (κ3) is 4.33. The summed E-state index contributed by atoms with van der Waals surface area (Å²) in [5.74, 6) is 0.205. The minimum absolute atomic E-state index is 0.0769. The molecule has 2 heterocycles. The van der Waals surface area contributed by atoms with E-state index in [9.17, 15) is 4.79 Å². The number of halogens is 1. The Bertz CT molecular complexity index is 738. The lowest BCUT2D eigenvalue weighted by Gasteiger charge is -2.25. The zero-order chi connectivity index (χ0) is 17.9. The molecule has 1 N–H and O–H groups in total. The van der Waals surface area contributed by atoms with Crippen LogP contribution in [0.2, 0.25) is 0 Å². The van der Waals surface area contributed by atoms with Gasteiger partial charge < -0.3 is 10.2 Å². The fourth-order valence-electron chi connectivity index (χ4n) is 2.74. The lowest BCUT2D eigenvalue weighted by Crippen LogP contribution is -2.32. The number of anilines is 2. The molecule has 1 aromatic heterocycles. The average Bonchev–Trinajstić information content (AvgIpc) is 3.13. The molecular formula is C19H24ClN3OS. The first-order valence-corrected chi connectivity index (χ1v) is 10.1. The average molecular weight is 378 g/mol. The van der Waals surface area contributed by atoms with E-state index < -0.39 is 5.41 Å². The van der Waals surface area contributed by atoms with E-state index in [0.29, 0.717) is 0 Å². The van der Waals surface area contributed by atoms with Crippen molar-refractivity contribution in [2.75, 3.05) is 29.2 Å². The molecule has 134 valence electrons. The summed E-state index contributed by atoms with van der Waals surface area (Å²) >= 11 is 7.57. The zero-order valence-corrected chi connectivity index (χ0v) is 16.3. The highest BCUT2D eigenvalue weighted by Gasteiger charge is 2.26. The van der Waals surface area contributed by atoms with Crippen molar-refractivity contribution < 1.29 is 4.79 Å².